The third-order valence-electron chi connectivity index (χ3n) is 5.17. The van der Waals surface area contributed by atoms with Gasteiger partial charge in [0.25, 0.3) is 5.91 Å². The fourth-order valence-corrected chi connectivity index (χ4v) is 3.94. The van der Waals surface area contributed by atoms with E-state index in [0.29, 0.717) is 25.3 Å². The molecule has 1 spiro atoms. The van der Waals surface area contributed by atoms with Crippen molar-refractivity contribution in [2.24, 2.45) is 5.41 Å². The van der Waals surface area contributed by atoms with E-state index in [0.717, 1.165) is 45.6 Å². The number of methoxy groups -OCH3 is 1. The van der Waals surface area contributed by atoms with E-state index < -0.39 is 0 Å². The molecule has 0 aliphatic carbocycles. The summed E-state index contributed by atoms with van der Waals surface area (Å²) in [5.41, 5.74) is 0.525. The molecule has 2 heterocycles. The van der Waals surface area contributed by atoms with E-state index in [4.69, 9.17) is 9.47 Å². The Balaban J connectivity index is 1.71. The lowest BCUT2D eigenvalue weighted by Crippen LogP contribution is -2.52. The smallest absolute Gasteiger partial charge is 0.254 e. The predicted molar refractivity (Wildman–Crippen MR) is 94.8 cm³/mol. The number of hydrogen-bond acceptors (Lipinski definition) is 5. The number of amides is 1. The summed E-state index contributed by atoms with van der Waals surface area (Å²) in [6.45, 7) is 6.32. The number of carbonyl (C=O) groups is 1. The summed E-state index contributed by atoms with van der Waals surface area (Å²) >= 11 is 0. The first kappa shape index (κ1) is 18.2. The molecule has 2 saturated heterocycles. The molecule has 0 aromatic heterocycles. The van der Waals surface area contributed by atoms with Crippen molar-refractivity contribution in [3.05, 3.63) is 29.8 Å². The molecular formula is C19H28N2O4. The van der Waals surface area contributed by atoms with Crippen LogP contribution in [-0.2, 0) is 9.47 Å². The van der Waals surface area contributed by atoms with Gasteiger partial charge in [0.2, 0.25) is 0 Å². The van der Waals surface area contributed by atoms with Gasteiger partial charge in [-0.25, -0.2) is 0 Å². The van der Waals surface area contributed by atoms with E-state index in [9.17, 15) is 9.90 Å². The molecule has 1 aromatic carbocycles. The molecule has 1 amide bonds. The lowest BCUT2D eigenvalue weighted by molar-refractivity contribution is 0.00619. The normalized spacial score (nSPS) is 25.1. The minimum atomic E-state index is -0.0189. The van der Waals surface area contributed by atoms with Crippen LogP contribution in [0.3, 0.4) is 0 Å². The van der Waals surface area contributed by atoms with E-state index in [2.05, 4.69) is 4.90 Å². The van der Waals surface area contributed by atoms with Crippen molar-refractivity contribution < 1.29 is 19.4 Å². The van der Waals surface area contributed by atoms with Gasteiger partial charge >= 0.3 is 0 Å². The topological polar surface area (TPSA) is 62.2 Å². The van der Waals surface area contributed by atoms with E-state index in [1.54, 1.807) is 25.3 Å². The molecule has 0 bridgehead atoms. The van der Waals surface area contributed by atoms with Gasteiger partial charge in [-0.05, 0) is 31.0 Å². The molecule has 6 nitrogen and oxygen atoms in total. The van der Waals surface area contributed by atoms with Gasteiger partial charge < -0.3 is 19.5 Å². The van der Waals surface area contributed by atoms with Gasteiger partial charge in [0.05, 0.1) is 19.8 Å². The molecule has 2 fully saturated rings. The van der Waals surface area contributed by atoms with Crippen LogP contribution in [0.2, 0.25) is 0 Å². The minimum absolute atomic E-state index is 0.0114. The summed E-state index contributed by atoms with van der Waals surface area (Å²) in [4.78, 5) is 17.2. The maximum Gasteiger partial charge on any atom is 0.254 e. The Morgan fingerprint density at radius 2 is 2.24 bits per heavy atom. The summed E-state index contributed by atoms with van der Waals surface area (Å²) in [7, 11) is 1.72. The average molecular weight is 348 g/mol. The molecule has 1 unspecified atom stereocenters. The Bertz CT molecular complexity index is 595. The third kappa shape index (κ3) is 4.51. The van der Waals surface area contributed by atoms with Crippen LogP contribution in [0.4, 0.5) is 0 Å². The van der Waals surface area contributed by atoms with Gasteiger partial charge in [-0.3, -0.25) is 9.69 Å². The number of phenols is 1. The minimum Gasteiger partial charge on any atom is -0.508 e. The Labute approximate surface area is 149 Å². The van der Waals surface area contributed by atoms with E-state index in [1.165, 1.54) is 6.07 Å². The van der Waals surface area contributed by atoms with Crippen molar-refractivity contribution in [2.45, 2.75) is 12.8 Å². The van der Waals surface area contributed by atoms with E-state index in [-0.39, 0.29) is 17.1 Å². The number of phenolic OH excluding ortho intramolecular Hbond substituents is 1. The first-order valence-corrected chi connectivity index (χ1v) is 8.99. The molecule has 1 atom stereocenters. The number of hydrogen-bond donors (Lipinski definition) is 1. The van der Waals surface area contributed by atoms with Crippen LogP contribution in [0.5, 0.6) is 5.75 Å². The number of piperidine rings is 1. The molecule has 2 aliphatic rings. The number of likely N-dealkylation sites (tertiary alicyclic amines) is 1. The first-order valence-electron chi connectivity index (χ1n) is 8.99. The Kier molecular flexibility index (Phi) is 5.93. The van der Waals surface area contributed by atoms with Gasteiger partial charge in [-0.15, -0.1) is 0 Å². The molecule has 0 saturated carbocycles. The number of nitrogens with zero attached hydrogens (tertiary/aromatic N) is 2. The number of carbonyl (C=O) groups excluding carboxylic acids is 1. The monoisotopic (exact) mass is 348 g/mol. The summed E-state index contributed by atoms with van der Waals surface area (Å²) in [6.07, 6.45) is 2.05. The van der Waals surface area contributed by atoms with Gasteiger partial charge in [0, 0.05) is 50.8 Å². The maximum absolute atomic E-state index is 12.9. The largest absolute Gasteiger partial charge is 0.508 e. The fourth-order valence-electron chi connectivity index (χ4n) is 3.94. The Morgan fingerprint density at radius 1 is 1.36 bits per heavy atom. The maximum atomic E-state index is 12.9. The van der Waals surface area contributed by atoms with Crippen LogP contribution in [-0.4, -0.2) is 80.5 Å². The summed E-state index contributed by atoms with van der Waals surface area (Å²) in [5, 5.41) is 9.65. The van der Waals surface area contributed by atoms with Crippen LogP contribution in [0.1, 0.15) is 23.2 Å². The zero-order valence-electron chi connectivity index (χ0n) is 14.9. The molecule has 2 aliphatic heterocycles. The quantitative estimate of drug-likeness (QED) is 0.895. The van der Waals surface area contributed by atoms with Crippen LogP contribution in [0.25, 0.3) is 0 Å². The fraction of sp³-hybridized carbons (Fsp3) is 0.632. The van der Waals surface area contributed by atoms with Crippen molar-refractivity contribution >= 4 is 5.91 Å². The van der Waals surface area contributed by atoms with Crippen LogP contribution in [0.15, 0.2) is 24.3 Å². The molecular weight excluding hydrogens is 320 g/mol. The van der Waals surface area contributed by atoms with Gasteiger partial charge in [0.15, 0.2) is 0 Å². The molecule has 1 aromatic rings. The Hall–Kier alpha value is -1.63. The van der Waals surface area contributed by atoms with Crippen molar-refractivity contribution in [1.29, 1.82) is 0 Å². The highest BCUT2D eigenvalue weighted by molar-refractivity contribution is 5.94. The molecule has 25 heavy (non-hydrogen) atoms. The highest BCUT2D eigenvalue weighted by atomic mass is 16.5. The first-order chi connectivity index (χ1) is 12.1. The van der Waals surface area contributed by atoms with E-state index >= 15 is 0 Å². The van der Waals surface area contributed by atoms with E-state index in [1.807, 2.05) is 4.90 Å². The van der Waals surface area contributed by atoms with Gasteiger partial charge in [-0.1, -0.05) is 6.07 Å². The summed E-state index contributed by atoms with van der Waals surface area (Å²) < 4.78 is 11.1. The lowest BCUT2D eigenvalue weighted by Gasteiger charge is -2.43. The number of ether oxygens (including phenoxy) is 2. The lowest BCUT2D eigenvalue weighted by atomic mass is 9.80. The predicted octanol–water partition coefficient (Wildman–Crippen LogP) is 1.59. The van der Waals surface area contributed by atoms with Gasteiger partial charge in [-0.2, -0.15) is 0 Å². The van der Waals surface area contributed by atoms with Crippen molar-refractivity contribution in [1.82, 2.24) is 9.80 Å². The van der Waals surface area contributed by atoms with Crippen LogP contribution >= 0.6 is 0 Å². The average Bonchev–Trinajstić information content (AvgIpc) is 2.81. The number of rotatable bonds is 4. The number of aromatic hydroxyl groups is 1. The number of benzene rings is 1. The Morgan fingerprint density at radius 3 is 3.04 bits per heavy atom. The summed E-state index contributed by atoms with van der Waals surface area (Å²) in [6, 6.07) is 6.60. The third-order valence-corrected chi connectivity index (χ3v) is 5.17. The highest BCUT2D eigenvalue weighted by Crippen LogP contribution is 2.33. The van der Waals surface area contributed by atoms with Crippen molar-refractivity contribution in [2.75, 3.05) is 59.7 Å². The van der Waals surface area contributed by atoms with Crippen LogP contribution in [0, 0.1) is 5.41 Å². The second-order valence-corrected chi connectivity index (χ2v) is 7.20. The SMILES string of the molecule is COCCN1CCOCC2(CCCN(C(=O)c3cccc(O)c3)C2)C1. The molecule has 138 valence electrons. The highest BCUT2D eigenvalue weighted by Gasteiger charge is 2.40. The standard InChI is InChI=1S/C19H28N2O4/c1-24-10-8-20-9-11-25-15-19(13-20)6-3-7-21(14-19)18(23)16-4-2-5-17(22)12-16/h2,4-5,12,22H,3,6-11,13-15H2,1H3. The molecule has 6 heteroatoms. The summed E-state index contributed by atoms with van der Waals surface area (Å²) in [5.74, 6) is 0.115. The van der Waals surface area contributed by atoms with Crippen molar-refractivity contribution in [3.8, 4) is 5.75 Å². The molecule has 3 rings (SSSR count). The second-order valence-electron chi connectivity index (χ2n) is 7.20. The molecule has 0 radical (unpaired) electrons. The van der Waals surface area contributed by atoms with Crippen LogP contribution < -0.4 is 0 Å². The molecule has 1 N–H and O–H groups in total. The zero-order chi connectivity index (χ0) is 17.7. The second kappa shape index (κ2) is 8.17. The van der Waals surface area contributed by atoms with Gasteiger partial charge in [0.1, 0.15) is 5.75 Å². The van der Waals surface area contributed by atoms with Crippen molar-refractivity contribution in [3.63, 3.8) is 0 Å². The zero-order valence-corrected chi connectivity index (χ0v) is 14.9.